The number of nitrogens with one attached hydrogen (secondary N) is 2. The van der Waals surface area contributed by atoms with E-state index in [1.54, 1.807) is 6.08 Å². The van der Waals surface area contributed by atoms with Crippen molar-refractivity contribution in [2.24, 2.45) is 34.5 Å². The summed E-state index contributed by atoms with van der Waals surface area (Å²) in [5.41, 5.74) is 1.06. The fraction of sp³-hybridized carbons (Fsp3) is 0.667. The molecular weight excluding hydrogens is 456 g/mol. The molecule has 4 nitrogen and oxygen atoms in total. The average molecular weight is 495 g/mol. The number of amides is 2. The van der Waals surface area contributed by atoms with Crippen LogP contribution < -0.4 is 10.6 Å². The Kier molecular flexibility index (Phi) is 5.63. The zero-order valence-electron chi connectivity index (χ0n) is 21.1. The molecule has 5 aliphatic rings. The van der Waals surface area contributed by atoms with E-state index < -0.39 is 0 Å². The molecule has 0 bridgehead atoms. The molecule has 0 saturated heterocycles. The Morgan fingerprint density at radius 3 is 2.46 bits per heavy atom. The lowest BCUT2D eigenvalue weighted by atomic mass is 9.48. The van der Waals surface area contributed by atoms with Crippen LogP contribution in [0.15, 0.2) is 36.4 Å². The first-order chi connectivity index (χ1) is 16.8. The molecule has 188 valence electrons. The van der Waals surface area contributed by atoms with Crippen LogP contribution in [0.5, 0.6) is 0 Å². The molecule has 4 saturated carbocycles. The van der Waals surface area contributed by atoms with E-state index >= 15 is 0 Å². The van der Waals surface area contributed by atoms with E-state index in [4.69, 9.17) is 11.6 Å². The summed E-state index contributed by atoms with van der Waals surface area (Å²) in [6.45, 7) is 4.78. The number of halogens is 1. The molecule has 0 spiro atoms. The Bertz CT molecular complexity index is 1040. The lowest BCUT2D eigenvalue weighted by molar-refractivity contribution is -0.136. The standard InChI is InChI=1S/C30H39ClN2O2/c1-28-17-13-23-21(9-12-25-29(23,2)18-14-26(34)32-25)22(28)10-11-24(28)27(35)33-30(15-3-4-16-30)19-5-7-20(31)8-6-19/h5-8,14,18,21-25H,3-4,9-13,15-17H2,1-2H3,(H,32,34)(H,33,35)/t21-,22-,23-,24+,25+,28-,29+/m0/s1. The second-order valence-electron chi connectivity index (χ2n) is 12.7. The van der Waals surface area contributed by atoms with Gasteiger partial charge in [0.25, 0.3) is 0 Å². The molecule has 35 heavy (non-hydrogen) atoms. The van der Waals surface area contributed by atoms with Gasteiger partial charge in [-0.25, -0.2) is 0 Å². The summed E-state index contributed by atoms with van der Waals surface area (Å²) >= 11 is 6.17. The summed E-state index contributed by atoms with van der Waals surface area (Å²) in [6.07, 6.45) is 14.9. The van der Waals surface area contributed by atoms with Crippen molar-refractivity contribution in [3.63, 3.8) is 0 Å². The SMILES string of the molecule is C[C@]12C=CC(=O)N[C@@H]1CC[C@@H]1[C@@H]2CC[C@]2(C)[C@@H](C(=O)NC3(c4ccc(Cl)cc4)CCCC3)CC[C@@H]12. The third-order valence-corrected chi connectivity index (χ3v) is 11.5. The van der Waals surface area contributed by atoms with Gasteiger partial charge in [-0.3, -0.25) is 9.59 Å². The number of carbonyl (C=O) groups excluding carboxylic acids is 2. The van der Waals surface area contributed by atoms with Crippen molar-refractivity contribution in [2.45, 2.75) is 89.6 Å². The maximum atomic E-state index is 14.0. The van der Waals surface area contributed by atoms with Gasteiger partial charge in [0.2, 0.25) is 11.8 Å². The predicted octanol–water partition coefficient (Wildman–Crippen LogP) is 6.14. The first-order valence-corrected chi connectivity index (χ1v) is 14.2. The van der Waals surface area contributed by atoms with Crippen LogP contribution in [0.1, 0.15) is 83.6 Å². The predicted molar refractivity (Wildman–Crippen MR) is 139 cm³/mol. The summed E-state index contributed by atoms with van der Waals surface area (Å²) in [5, 5.41) is 7.61. The molecule has 1 aromatic carbocycles. The second-order valence-corrected chi connectivity index (χ2v) is 13.1. The van der Waals surface area contributed by atoms with Crippen molar-refractivity contribution < 1.29 is 9.59 Å². The van der Waals surface area contributed by atoms with Gasteiger partial charge in [0, 0.05) is 22.4 Å². The average Bonchev–Trinajstić information content (AvgIpc) is 3.44. The summed E-state index contributed by atoms with van der Waals surface area (Å²) < 4.78 is 0. The highest BCUT2D eigenvalue weighted by Crippen LogP contribution is 2.65. The molecule has 2 amide bonds. The Hall–Kier alpha value is -1.81. The maximum Gasteiger partial charge on any atom is 0.243 e. The van der Waals surface area contributed by atoms with E-state index in [1.807, 2.05) is 12.1 Å². The van der Waals surface area contributed by atoms with Crippen LogP contribution >= 0.6 is 11.6 Å². The topological polar surface area (TPSA) is 58.2 Å². The van der Waals surface area contributed by atoms with E-state index in [0.717, 1.165) is 62.8 Å². The van der Waals surface area contributed by atoms with Crippen LogP contribution in [-0.2, 0) is 15.1 Å². The van der Waals surface area contributed by atoms with Gasteiger partial charge in [0.05, 0.1) is 5.54 Å². The summed E-state index contributed by atoms with van der Waals surface area (Å²) in [5.74, 6) is 2.25. The van der Waals surface area contributed by atoms with Crippen LogP contribution in [0.25, 0.3) is 0 Å². The lowest BCUT2D eigenvalue weighted by Gasteiger charge is -2.58. The van der Waals surface area contributed by atoms with Gasteiger partial charge < -0.3 is 10.6 Å². The van der Waals surface area contributed by atoms with Crippen LogP contribution in [0.2, 0.25) is 5.02 Å². The number of hydrogen-bond acceptors (Lipinski definition) is 2. The molecule has 0 aromatic heterocycles. The molecule has 4 fully saturated rings. The van der Waals surface area contributed by atoms with Crippen LogP contribution in [0, 0.1) is 34.5 Å². The number of carbonyl (C=O) groups is 2. The lowest BCUT2D eigenvalue weighted by Crippen LogP contribution is -2.59. The molecule has 0 radical (unpaired) electrons. The zero-order chi connectivity index (χ0) is 24.4. The summed E-state index contributed by atoms with van der Waals surface area (Å²) in [4.78, 5) is 26.0. The minimum absolute atomic E-state index is 0.0427. The van der Waals surface area contributed by atoms with Crippen molar-refractivity contribution in [2.75, 3.05) is 0 Å². The first kappa shape index (κ1) is 23.6. The van der Waals surface area contributed by atoms with Crippen molar-refractivity contribution in [3.05, 3.63) is 47.0 Å². The molecule has 5 heteroatoms. The second kappa shape index (κ2) is 8.36. The molecule has 2 N–H and O–H groups in total. The highest BCUT2D eigenvalue weighted by Gasteiger charge is 2.61. The molecule has 1 aliphatic heterocycles. The fourth-order valence-electron chi connectivity index (χ4n) is 9.32. The summed E-state index contributed by atoms with van der Waals surface area (Å²) in [6, 6.07) is 8.38. The van der Waals surface area contributed by atoms with Gasteiger partial charge in [0.15, 0.2) is 0 Å². The number of fused-ring (bicyclic) bond motifs is 5. The number of benzene rings is 1. The van der Waals surface area contributed by atoms with Crippen molar-refractivity contribution >= 4 is 23.4 Å². The molecule has 1 aromatic rings. The molecule has 6 rings (SSSR count). The number of hydrogen-bond donors (Lipinski definition) is 2. The molecule has 1 heterocycles. The Morgan fingerprint density at radius 1 is 0.971 bits per heavy atom. The van der Waals surface area contributed by atoms with Crippen molar-refractivity contribution in [3.8, 4) is 0 Å². The zero-order valence-corrected chi connectivity index (χ0v) is 21.9. The smallest absolute Gasteiger partial charge is 0.243 e. The molecule has 7 atom stereocenters. The van der Waals surface area contributed by atoms with Crippen LogP contribution in [0.3, 0.4) is 0 Å². The van der Waals surface area contributed by atoms with Crippen molar-refractivity contribution in [1.82, 2.24) is 10.6 Å². The highest BCUT2D eigenvalue weighted by atomic mass is 35.5. The van der Waals surface area contributed by atoms with E-state index in [-0.39, 0.29) is 40.1 Å². The molecular formula is C30H39ClN2O2. The highest BCUT2D eigenvalue weighted by molar-refractivity contribution is 6.30. The van der Waals surface area contributed by atoms with E-state index in [9.17, 15) is 9.59 Å². The van der Waals surface area contributed by atoms with Gasteiger partial charge in [-0.2, -0.15) is 0 Å². The van der Waals surface area contributed by atoms with Gasteiger partial charge in [-0.05, 0) is 98.3 Å². The van der Waals surface area contributed by atoms with Gasteiger partial charge >= 0.3 is 0 Å². The minimum atomic E-state index is -0.246. The summed E-state index contributed by atoms with van der Waals surface area (Å²) in [7, 11) is 0. The first-order valence-electron chi connectivity index (χ1n) is 13.8. The van der Waals surface area contributed by atoms with Gasteiger partial charge in [0.1, 0.15) is 0 Å². The van der Waals surface area contributed by atoms with E-state index in [1.165, 1.54) is 12.0 Å². The minimum Gasteiger partial charge on any atom is -0.349 e. The Balaban J connectivity index is 1.23. The van der Waals surface area contributed by atoms with Gasteiger partial charge in [-0.1, -0.05) is 56.5 Å². The van der Waals surface area contributed by atoms with E-state index in [2.05, 4.69) is 42.7 Å². The van der Waals surface area contributed by atoms with E-state index in [0.29, 0.717) is 17.8 Å². The largest absolute Gasteiger partial charge is 0.349 e. The number of rotatable bonds is 3. The Labute approximate surface area is 214 Å². The quantitative estimate of drug-likeness (QED) is 0.530. The Morgan fingerprint density at radius 2 is 1.71 bits per heavy atom. The fourth-order valence-corrected chi connectivity index (χ4v) is 9.45. The maximum absolute atomic E-state index is 14.0. The normalized spacial score (nSPS) is 41.5. The van der Waals surface area contributed by atoms with Gasteiger partial charge in [-0.15, -0.1) is 0 Å². The molecule has 4 aliphatic carbocycles. The molecule has 0 unspecified atom stereocenters. The van der Waals surface area contributed by atoms with Crippen LogP contribution in [-0.4, -0.2) is 17.9 Å². The van der Waals surface area contributed by atoms with Crippen molar-refractivity contribution in [1.29, 1.82) is 0 Å². The third kappa shape index (κ3) is 3.61. The van der Waals surface area contributed by atoms with Crippen LogP contribution in [0.4, 0.5) is 0 Å². The monoisotopic (exact) mass is 494 g/mol. The third-order valence-electron chi connectivity index (χ3n) is 11.2.